The van der Waals surface area contributed by atoms with E-state index in [1.54, 1.807) is 0 Å². The summed E-state index contributed by atoms with van der Waals surface area (Å²) in [6.07, 6.45) is 16.6. The Morgan fingerprint density at radius 3 is 1.24 bits per heavy atom. The summed E-state index contributed by atoms with van der Waals surface area (Å²) in [4.78, 5) is 0. The molecule has 0 atom stereocenters. The van der Waals surface area contributed by atoms with Crippen molar-refractivity contribution in [3.63, 3.8) is 0 Å². The molecule has 0 aromatic carbocycles. The molecule has 0 saturated heterocycles. The highest BCUT2D eigenvalue weighted by atomic mass is 14.8. The van der Waals surface area contributed by atoms with Gasteiger partial charge in [0, 0.05) is 13.1 Å². The van der Waals surface area contributed by atoms with Crippen LogP contribution >= 0.6 is 0 Å². The molecular formula is C16H34N. The first-order valence-electron chi connectivity index (χ1n) is 8.05. The Bertz CT molecular complexity index is 109. The lowest BCUT2D eigenvalue weighted by Gasteiger charge is -2.03. The van der Waals surface area contributed by atoms with Gasteiger partial charge in [-0.1, -0.05) is 78.1 Å². The molecule has 17 heavy (non-hydrogen) atoms. The maximum Gasteiger partial charge on any atom is 0.0133 e. The van der Waals surface area contributed by atoms with Gasteiger partial charge >= 0.3 is 0 Å². The van der Waals surface area contributed by atoms with E-state index in [9.17, 15) is 0 Å². The van der Waals surface area contributed by atoms with Gasteiger partial charge in [0.05, 0.1) is 0 Å². The summed E-state index contributed by atoms with van der Waals surface area (Å²) in [5, 5.41) is 4.61. The zero-order valence-corrected chi connectivity index (χ0v) is 12.3. The second kappa shape index (κ2) is 16.0. The molecule has 0 unspecified atom stereocenters. The van der Waals surface area contributed by atoms with E-state index in [0.717, 1.165) is 13.1 Å². The van der Waals surface area contributed by atoms with Crippen LogP contribution in [0.4, 0.5) is 0 Å². The quantitative estimate of drug-likeness (QED) is 0.365. The molecule has 0 N–H and O–H groups in total. The fraction of sp³-hybridized carbons (Fsp3) is 1.00. The molecule has 1 heteroatoms. The molecule has 0 aromatic rings. The Morgan fingerprint density at radius 2 is 0.824 bits per heavy atom. The summed E-state index contributed by atoms with van der Waals surface area (Å²) in [5.41, 5.74) is 0. The highest BCUT2D eigenvalue weighted by Gasteiger charge is 1.93. The van der Waals surface area contributed by atoms with Gasteiger partial charge in [-0.25, -0.2) is 5.32 Å². The van der Waals surface area contributed by atoms with Gasteiger partial charge in [-0.15, -0.1) is 0 Å². The first-order chi connectivity index (χ1) is 8.41. The first-order valence-corrected chi connectivity index (χ1v) is 8.05. The van der Waals surface area contributed by atoms with Crippen LogP contribution in [-0.4, -0.2) is 13.1 Å². The summed E-state index contributed by atoms with van der Waals surface area (Å²) in [6, 6.07) is 0. The van der Waals surface area contributed by atoms with E-state index in [4.69, 9.17) is 0 Å². The van der Waals surface area contributed by atoms with Crippen LogP contribution in [0.2, 0.25) is 0 Å². The van der Waals surface area contributed by atoms with E-state index >= 15 is 0 Å². The third kappa shape index (κ3) is 16.0. The van der Waals surface area contributed by atoms with Crippen molar-refractivity contribution < 1.29 is 0 Å². The van der Waals surface area contributed by atoms with E-state index in [1.807, 2.05) is 0 Å². The third-order valence-corrected chi connectivity index (χ3v) is 3.34. The largest absolute Gasteiger partial charge is 0.242 e. The van der Waals surface area contributed by atoms with Crippen molar-refractivity contribution in [2.45, 2.75) is 90.9 Å². The van der Waals surface area contributed by atoms with Gasteiger partial charge in [0.1, 0.15) is 0 Å². The SMILES string of the molecule is CCCCCCCC[N]CCCCCCCC. The minimum absolute atomic E-state index is 1.11. The van der Waals surface area contributed by atoms with Crippen molar-refractivity contribution in [1.82, 2.24) is 5.32 Å². The van der Waals surface area contributed by atoms with E-state index in [2.05, 4.69) is 19.2 Å². The first kappa shape index (κ1) is 17.0. The van der Waals surface area contributed by atoms with Crippen molar-refractivity contribution in [3.8, 4) is 0 Å². The van der Waals surface area contributed by atoms with Crippen molar-refractivity contribution in [3.05, 3.63) is 0 Å². The van der Waals surface area contributed by atoms with E-state index in [1.165, 1.54) is 77.0 Å². The predicted molar refractivity (Wildman–Crippen MR) is 78.6 cm³/mol. The Kier molecular flexibility index (Phi) is 15.9. The molecule has 0 spiro atoms. The van der Waals surface area contributed by atoms with E-state index in [-0.39, 0.29) is 0 Å². The topological polar surface area (TPSA) is 14.1 Å². The van der Waals surface area contributed by atoms with Gasteiger partial charge in [0.2, 0.25) is 0 Å². The molecule has 0 rings (SSSR count). The zero-order chi connectivity index (χ0) is 12.6. The second-order valence-corrected chi connectivity index (χ2v) is 5.21. The van der Waals surface area contributed by atoms with Crippen LogP contribution in [0.1, 0.15) is 90.9 Å². The summed E-state index contributed by atoms with van der Waals surface area (Å²) >= 11 is 0. The predicted octanol–water partition coefficient (Wildman–Crippen LogP) is 5.31. The van der Waals surface area contributed by atoms with Crippen LogP contribution in [0.3, 0.4) is 0 Å². The molecule has 0 heterocycles. The summed E-state index contributed by atoms with van der Waals surface area (Å²) in [6.45, 7) is 6.77. The highest BCUT2D eigenvalue weighted by Crippen LogP contribution is 2.05. The molecule has 1 radical (unpaired) electrons. The van der Waals surface area contributed by atoms with Gasteiger partial charge in [-0.05, 0) is 12.8 Å². The Morgan fingerprint density at radius 1 is 0.471 bits per heavy atom. The summed E-state index contributed by atoms with van der Waals surface area (Å²) in [5.74, 6) is 0. The Labute approximate surface area is 110 Å². The van der Waals surface area contributed by atoms with Gasteiger partial charge in [0.15, 0.2) is 0 Å². The van der Waals surface area contributed by atoms with Crippen LogP contribution in [0.15, 0.2) is 0 Å². The minimum Gasteiger partial charge on any atom is -0.242 e. The lowest BCUT2D eigenvalue weighted by atomic mass is 10.1. The standard InChI is InChI=1S/C16H34N/c1-3-5-7-9-11-13-15-17-16-14-12-10-8-6-4-2/h3-16H2,1-2H3. The summed E-state index contributed by atoms with van der Waals surface area (Å²) in [7, 11) is 0. The van der Waals surface area contributed by atoms with E-state index < -0.39 is 0 Å². The van der Waals surface area contributed by atoms with Crippen molar-refractivity contribution in [2.75, 3.05) is 13.1 Å². The normalized spacial score (nSPS) is 10.9. The van der Waals surface area contributed by atoms with Crippen molar-refractivity contribution in [1.29, 1.82) is 0 Å². The Balaban J connectivity index is 2.85. The van der Waals surface area contributed by atoms with Crippen LogP contribution in [0, 0.1) is 0 Å². The molecule has 1 nitrogen and oxygen atoms in total. The maximum atomic E-state index is 4.61. The van der Waals surface area contributed by atoms with Crippen LogP contribution < -0.4 is 5.32 Å². The molecule has 103 valence electrons. The molecule has 0 saturated carbocycles. The molecule has 0 amide bonds. The van der Waals surface area contributed by atoms with Crippen LogP contribution in [0.5, 0.6) is 0 Å². The van der Waals surface area contributed by atoms with Crippen molar-refractivity contribution >= 4 is 0 Å². The average molecular weight is 240 g/mol. The number of unbranched alkanes of at least 4 members (excludes halogenated alkanes) is 10. The van der Waals surface area contributed by atoms with E-state index in [0.29, 0.717) is 0 Å². The number of rotatable bonds is 14. The zero-order valence-electron chi connectivity index (χ0n) is 12.3. The van der Waals surface area contributed by atoms with Gasteiger partial charge < -0.3 is 0 Å². The average Bonchev–Trinajstić information content (AvgIpc) is 2.35. The minimum atomic E-state index is 1.11. The molecule has 0 aliphatic heterocycles. The van der Waals surface area contributed by atoms with Gasteiger partial charge in [0.25, 0.3) is 0 Å². The fourth-order valence-corrected chi connectivity index (χ4v) is 2.12. The van der Waals surface area contributed by atoms with Crippen LogP contribution in [-0.2, 0) is 0 Å². The van der Waals surface area contributed by atoms with Gasteiger partial charge in [-0.2, -0.15) is 0 Å². The molecule has 0 aliphatic rings. The smallest absolute Gasteiger partial charge is 0.0133 e. The molecule has 0 aliphatic carbocycles. The number of hydrogen-bond acceptors (Lipinski definition) is 0. The van der Waals surface area contributed by atoms with Gasteiger partial charge in [-0.3, -0.25) is 0 Å². The molecule has 0 aromatic heterocycles. The second-order valence-electron chi connectivity index (χ2n) is 5.21. The lowest BCUT2D eigenvalue weighted by Crippen LogP contribution is -2.08. The highest BCUT2D eigenvalue weighted by molar-refractivity contribution is 4.51. The number of nitrogens with zero attached hydrogens (tertiary/aromatic N) is 1. The van der Waals surface area contributed by atoms with Crippen molar-refractivity contribution in [2.24, 2.45) is 0 Å². The molecule has 0 bridgehead atoms. The third-order valence-electron chi connectivity index (χ3n) is 3.34. The number of hydrogen-bond donors (Lipinski definition) is 0. The molecule has 0 fully saturated rings. The maximum absolute atomic E-state index is 4.61. The van der Waals surface area contributed by atoms with Crippen LogP contribution in [0.25, 0.3) is 0 Å². The molecular weight excluding hydrogens is 206 g/mol. The monoisotopic (exact) mass is 240 g/mol. The Hall–Kier alpha value is -0.0400. The lowest BCUT2D eigenvalue weighted by molar-refractivity contribution is 0.538. The fourth-order valence-electron chi connectivity index (χ4n) is 2.12. The summed E-state index contributed by atoms with van der Waals surface area (Å²) < 4.78 is 0.